The molecule has 1 aliphatic carbocycles. The van der Waals surface area contributed by atoms with Gasteiger partial charge in [-0.1, -0.05) is 18.2 Å². The molecule has 4 saturated heterocycles. The summed E-state index contributed by atoms with van der Waals surface area (Å²) >= 11 is 0. The summed E-state index contributed by atoms with van der Waals surface area (Å²) in [5, 5.41) is 8.77. The van der Waals surface area contributed by atoms with Crippen LogP contribution < -0.4 is 20.9 Å². The van der Waals surface area contributed by atoms with Gasteiger partial charge in [0.05, 0.1) is 12.8 Å². The van der Waals surface area contributed by atoms with E-state index in [1.807, 2.05) is 12.1 Å². The number of nitrogens with zero attached hydrogens (tertiary/aromatic N) is 5. The Morgan fingerprint density at radius 1 is 0.862 bits per heavy atom. The van der Waals surface area contributed by atoms with Gasteiger partial charge >= 0.3 is 6.09 Å². The number of aromatic nitrogens is 2. The van der Waals surface area contributed by atoms with Crippen molar-refractivity contribution in [3.63, 3.8) is 0 Å². The molecule has 8 rings (SSSR count). The highest BCUT2D eigenvalue weighted by molar-refractivity contribution is 6.01. The van der Waals surface area contributed by atoms with E-state index in [0.29, 0.717) is 53.9 Å². The fourth-order valence-corrected chi connectivity index (χ4v) is 9.28. The molecule has 0 radical (unpaired) electrons. The van der Waals surface area contributed by atoms with Crippen LogP contribution in [-0.2, 0) is 19.1 Å². The van der Waals surface area contributed by atoms with Crippen molar-refractivity contribution in [1.82, 2.24) is 25.1 Å². The van der Waals surface area contributed by atoms with Crippen molar-refractivity contribution in [2.45, 2.75) is 88.6 Å². The van der Waals surface area contributed by atoms with Gasteiger partial charge in [-0.05, 0) is 119 Å². The van der Waals surface area contributed by atoms with Crippen molar-refractivity contribution in [2.24, 2.45) is 11.8 Å². The third-order valence-electron chi connectivity index (χ3n) is 12.6. The first-order valence-electron chi connectivity index (χ1n) is 20.9. The van der Waals surface area contributed by atoms with Crippen molar-refractivity contribution < 1.29 is 32.7 Å². The third-order valence-corrected chi connectivity index (χ3v) is 12.6. The van der Waals surface area contributed by atoms with Gasteiger partial charge in [-0.15, -0.1) is 0 Å². The first-order valence-corrected chi connectivity index (χ1v) is 20.9. The molecular formula is C43H52F2N8O5. The van der Waals surface area contributed by atoms with Crippen LogP contribution in [0.25, 0.3) is 11.3 Å². The van der Waals surface area contributed by atoms with Gasteiger partial charge in [-0.2, -0.15) is 0 Å². The molecule has 15 heteroatoms. The lowest BCUT2D eigenvalue weighted by molar-refractivity contribution is -0.138. The number of nitrogens with one attached hydrogen (secondary N) is 3. The molecule has 2 aromatic carbocycles. The summed E-state index contributed by atoms with van der Waals surface area (Å²) in [5.41, 5.74) is 2.58. The number of anilines is 3. The summed E-state index contributed by atoms with van der Waals surface area (Å²) in [4.78, 5) is 64.2. The van der Waals surface area contributed by atoms with E-state index in [2.05, 4.69) is 35.7 Å². The van der Waals surface area contributed by atoms with E-state index in [4.69, 9.17) is 4.74 Å². The molecule has 1 atom stereocenters. The maximum absolute atomic E-state index is 15.2. The summed E-state index contributed by atoms with van der Waals surface area (Å²) in [6, 6.07) is 11.7. The number of cyclic esters (lactones) is 1. The van der Waals surface area contributed by atoms with Crippen LogP contribution >= 0.6 is 0 Å². The molecular weight excluding hydrogens is 747 g/mol. The topological polar surface area (TPSA) is 149 Å². The molecule has 5 heterocycles. The molecule has 5 aliphatic rings. The number of carbonyl (C=O) groups excluding carboxylic acids is 4. The second kappa shape index (κ2) is 17.8. The number of hydrogen-bond donors (Lipinski definition) is 3. The van der Waals surface area contributed by atoms with E-state index >= 15 is 4.39 Å². The van der Waals surface area contributed by atoms with Crippen LogP contribution in [0.15, 0.2) is 48.7 Å². The Labute approximate surface area is 337 Å². The highest BCUT2D eigenvalue weighted by Gasteiger charge is 2.33. The number of piperidine rings is 3. The first-order chi connectivity index (χ1) is 28.2. The van der Waals surface area contributed by atoms with Gasteiger partial charge in [0.25, 0.3) is 0 Å². The number of hydrogen-bond acceptors (Lipinski definition) is 10. The number of amides is 4. The van der Waals surface area contributed by atoms with E-state index in [-0.39, 0.29) is 53.5 Å². The molecule has 13 nitrogen and oxygen atoms in total. The van der Waals surface area contributed by atoms with Crippen LogP contribution in [0.3, 0.4) is 0 Å². The molecule has 0 bridgehead atoms. The molecule has 0 spiro atoms. The quantitative estimate of drug-likeness (QED) is 0.206. The lowest BCUT2D eigenvalue weighted by Crippen LogP contribution is -2.47. The standard InChI is InChI=1S/C43H52F2N8O5/c44-35-24-32(47-37-11-12-38(54)49-40(37)55)9-10-34(35)28-15-18-51(19-16-28)26-27-13-20-52(21-14-27)41(56)29-5-7-31(8-6-29)48-42-46-25-36(45)39(50-42)30-3-1-4-33(23-30)53-17-2-22-58-43(53)57/h1,3-4,9-10,23-25,27-29,31,37,47H,2,5-8,11-22,26H2,(H,46,48,50)(H,49,54,55)/t29?,31?,37-/m1/s1. The van der Waals surface area contributed by atoms with Crippen molar-refractivity contribution in [3.05, 3.63) is 65.9 Å². The maximum Gasteiger partial charge on any atom is 0.414 e. The number of imide groups is 1. The predicted octanol–water partition coefficient (Wildman–Crippen LogP) is 6.07. The summed E-state index contributed by atoms with van der Waals surface area (Å²) in [6.45, 7) is 5.28. The van der Waals surface area contributed by atoms with Gasteiger partial charge < -0.3 is 25.2 Å². The molecule has 308 valence electrons. The van der Waals surface area contributed by atoms with Crippen LogP contribution in [0.2, 0.25) is 0 Å². The van der Waals surface area contributed by atoms with Crippen LogP contribution in [-0.4, -0.2) is 102 Å². The first kappa shape index (κ1) is 39.6. The number of likely N-dealkylation sites (tertiary alicyclic amines) is 2. The summed E-state index contributed by atoms with van der Waals surface area (Å²) in [7, 11) is 0. The zero-order valence-corrected chi connectivity index (χ0v) is 32.8. The SMILES string of the molecule is O=C1CC[C@@H](Nc2ccc(C3CCN(CC4CCN(C(=O)C5CCC(Nc6ncc(F)c(-c7cccc(N8CCCOC8=O)c7)n6)CC5)CC4)CC3)c(F)c2)C(=O)N1. The van der Waals surface area contributed by atoms with E-state index in [0.717, 1.165) is 90.5 Å². The smallest absolute Gasteiger partial charge is 0.414 e. The van der Waals surface area contributed by atoms with Gasteiger partial charge in [0.15, 0.2) is 5.82 Å². The van der Waals surface area contributed by atoms with E-state index in [1.165, 1.54) is 12.3 Å². The van der Waals surface area contributed by atoms with E-state index < -0.39 is 18.0 Å². The van der Waals surface area contributed by atoms with Gasteiger partial charge in [0.2, 0.25) is 23.7 Å². The molecule has 1 saturated carbocycles. The highest BCUT2D eigenvalue weighted by atomic mass is 19.1. The molecule has 3 N–H and O–H groups in total. The Morgan fingerprint density at radius 2 is 1.66 bits per heavy atom. The van der Waals surface area contributed by atoms with E-state index in [9.17, 15) is 23.6 Å². The minimum Gasteiger partial charge on any atom is -0.449 e. The Balaban J connectivity index is 0.755. The van der Waals surface area contributed by atoms with Crippen LogP contribution in [0.5, 0.6) is 0 Å². The summed E-state index contributed by atoms with van der Waals surface area (Å²) < 4.78 is 35.4. The second-order valence-corrected chi connectivity index (χ2v) is 16.5. The normalized spacial score (nSPS) is 24.0. The van der Waals surface area contributed by atoms with Crippen molar-refractivity contribution in [3.8, 4) is 11.3 Å². The Bertz CT molecular complexity index is 1990. The minimum atomic E-state index is -0.550. The van der Waals surface area contributed by atoms with Gasteiger partial charge in [-0.3, -0.25) is 24.6 Å². The van der Waals surface area contributed by atoms with Crippen LogP contribution in [0.1, 0.15) is 82.1 Å². The van der Waals surface area contributed by atoms with E-state index in [1.54, 1.807) is 29.2 Å². The zero-order chi connectivity index (χ0) is 40.2. The Hall–Kier alpha value is -5.18. The monoisotopic (exact) mass is 798 g/mol. The van der Waals surface area contributed by atoms with Gasteiger partial charge in [-0.25, -0.2) is 23.5 Å². The number of halogens is 2. The number of benzene rings is 2. The zero-order valence-electron chi connectivity index (χ0n) is 32.8. The van der Waals surface area contributed by atoms with Crippen molar-refractivity contribution >= 4 is 41.1 Å². The lowest BCUT2D eigenvalue weighted by atomic mass is 9.84. The van der Waals surface area contributed by atoms with Crippen molar-refractivity contribution in [2.75, 3.05) is 61.4 Å². The fourth-order valence-electron chi connectivity index (χ4n) is 9.28. The average Bonchev–Trinajstić information content (AvgIpc) is 3.23. The largest absolute Gasteiger partial charge is 0.449 e. The van der Waals surface area contributed by atoms with Gasteiger partial charge in [0.1, 0.15) is 17.6 Å². The maximum atomic E-state index is 15.2. The average molecular weight is 799 g/mol. The molecule has 4 amide bonds. The molecule has 58 heavy (non-hydrogen) atoms. The molecule has 0 unspecified atom stereocenters. The summed E-state index contributed by atoms with van der Waals surface area (Å²) in [6.07, 6.45) is 8.98. The number of rotatable bonds is 10. The third kappa shape index (κ3) is 9.24. The van der Waals surface area contributed by atoms with Crippen molar-refractivity contribution in [1.29, 1.82) is 0 Å². The highest BCUT2D eigenvalue weighted by Crippen LogP contribution is 2.34. The molecule has 3 aromatic rings. The summed E-state index contributed by atoms with van der Waals surface area (Å²) in [5.74, 6) is -0.231. The molecule has 1 aromatic heterocycles. The Kier molecular flexibility index (Phi) is 12.1. The van der Waals surface area contributed by atoms with Gasteiger partial charge in [0, 0.05) is 61.5 Å². The Morgan fingerprint density at radius 3 is 2.40 bits per heavy atom. The molecule has 4 aliphatic heterocycles. The number of ether oxygens (including phenoxy) is 1. The number of carbonyl (C=O) groups is 4. The van der Waals surface area contributed by atoms with Crippen LogP contribution in [0, 0.1) is 23.5 Å². The second-order valence-electron chi connectivity index (χ2n) is 16.5. The fraction of sp³-hybridized carbons (Fsp3) is 0.535. The minimum absolute atomic E-state index is 0.00906. The lowest BCUT2D eigenvalue weighted by Gasteiger charge is -2.39. The van der Waals surface area contributed by atoms with Crippen LogP contribution in [0.4, 0.5) is 30.9 Å². The predicted molar refractivity (Wildman–Crippen MR) is 214 cm³/mol. The molecule has 5 fully saturated rings.